The van der Waals surface area contributed by atoms with E-state index in [1.54, 1.807) is 13.4 Å². The monoisotopic (exact) mass is 407 g/mol. The Morgan fingerprint density at radius 3 is 2.73 bits per heavy atom. The van der Waals surface area contributed by atoms with Crippen molar-refractivity contribution in [3.8, 4) is 23.0 Å². The van der Waals surface area contributed by atoms with E-state index in [-0.39, 0.29) is 6.10 Å². The third kappa shape index (κ3) is 4.10. The molecule has 1 N–H and O–H groups in total. The summed E-state index contributed by atoms with van der Waals surface area (Å²) >= 11 is 0. The van der Waals surface area contributed by atoms with Gasteiger partial charge in [-0.05, 0) is 62.8 Å². The minimum absolute atomic E-state index is 0.272. The molecule has 0 amide bonds. The molecular weight excluding hydrogens is 378 g/mol. The fourth-order valence-corrected chi connectivity index (χ4v) is 3.83. The highest BCUT2D eigenvalue weighted by Gasteiger charge is 2.22. The zero-order valence-corrected chi connectivity index (χ0v) is 17.9. The number of ether oxygens (including phenoxy) is 2. The number of rotatable bonds is 8. The van der Waals surface area contributed by atoms with Gasteiger partial charge in [0, 0.05) is 6.54 Å². The molecule has 7 heteroatoms. The van der Waals surface area contributed by atoms with Gasteiger partial charge < -0.3 is 19.4 Å². The highest BCUT2D eigenvalue weighted by Crippen LogP contribution is 2.33. The van der Waals surface area contributed by atoms with Crippen molar-refractivity contribution >= 4 is 11.4 Å². The number of aromatic nitrogens is 4. The molecule has 3 aliphatic rings. The Morgan fingerprint density at radius 2 is 2.03 bits per heavy atom. The van der Waals surface area contributed by atoms with E-state index in [4.69, 9.17) is 14.5 Å². The summed E-state index contributed by atoms with van der Waals surface area (Å²) in [5, 5.41) is 3.27. The molecule has 1 fully saturated rings. The molecule has 1 aromatic carbocycles. The number of imidazole rings is 1. The predicted octanol–water partition coefficient (Wildman–Crippen LogP) is 4.62. The maximum atomic E-state index is 6.25. The fraction of sp³-hybridized carbons (Fsp3) is 0.435. The Labute approximate surface area is 177 Å². The van der Waals surface area contributed by atoms with Crippen LogP contribution in [-0.4, -0.2) is 39.3 Å². The molecule has 7 nitrogen and oxygen atoms in total. The molecule has 1 aromatic rings. The van der Waals surface area contributed by atoms with E-state index in [2.05, 4.69) is 27.9 Å². The van der Waals surface area contributed by atoms with Gasteiger partial charge in [-0.3, -0.25) is 0 Å². The smallest absolute Gasteiger partial charge is 0.166 e. The number of nitrogens with zero attached hydrogens (tertiary/aromatic N) is 4. The lowest BCUT2D eigenvalue weighted by atomic mass is 10.2. The molecule has 1 saturated carbocycles. The molecule has 0 unspecified atom stereocenters. The molecule has 0 bridgehead atoms. The van der Waals surface area contributed by atoms with Crippen molar-refractivity contribution in [3.05, 3.63) is 42.5 Å². The third-order valence-electron chi connectivity index (χ3n) is 5.37. The molecule has 0 saturated heterocycles. The van der Waals surface area contributed by atoms with Crippen LogP contribution in [-0.2, 0) is 6.54 Å². The molecule has 0 atom stereocenters. The Balaban J connectivity index is 1.66. The second-order valence-corrected chi connectivity index (χ2v) is 7.76. The first kappa shape index (κ1) is 20.2. The van der Waals surface area contributed by atoms with Gasteiger partial charge in [-0.25, -0.2) is 15.0 Å². The minimum atomic E-state index is 0.272. The summed E-state index contributed by atoms with van der Waals surface area (Å²) in [6, 6.07) is 6.07. The first-order chi connectivity index (χ1) is 14.6. The van der Waals surface area contributed by atoms with Crippen LogP contribution in [0.4, 0.5) is 5.82 Å². The van der Waals surface area contributed by atoms with Crippen LogP contribution in [0.5, 0.6) is 11.5 Å². The molecule has 0 radical (unpaired) electrons. The van der Waals surface area contributed by atoms with Gasteiger partial charge >= 0.3 is 0 Å². The molecule has 4 rings (SSSR count). The highest BCUT2D eigenvalue weighted by molar-refractivity contribution is 5.71. The van der Waals surface area contributed by atoms with Gasteiger partial charge in [0.15, 0.2) is 34.7 Å². The average molecular weight is 408 g/mol. The number of benzene rings is 1. The van der Waals surface area contributed by atoms with Crippen molar-refractivity contribution in [2.45, 2.75) is 52.2 Å². The molecule has 0 spiro atoms. The molecule has 30 heavy (non-hydrogen) atoms. The maximum Gasteiger partial charge on any atom is 0.166 e. The van der Waals surface area contributed by atoms with Crippen molar-refractivity contribution in [3.63, 3.8) is 0 Å². The van der Waals surface area contributed by atoms with Gasteiger partial charge in [0.25, 0.3) is 0 Å². The van der Waals surface area contributed by atoms with E-state index in [0.717, 1.165) is 59.4 Å². The molecule has 158 valence electrons. The number of hydrogen-bond acceptors (Lipinski definition) is 6. The molecular formula is C23H29N5O2. The van der Waals surface area contributed by atoms with Gasteiger partial charge in [-0.15, -0.1) is 0 Å². The van der Waals surface area contributed by atoms with Crippen molar-refractivity contribution in [2.24, 2.45) is 0 Å². The Hall–Kier alpha value is -3.09. The van der Waals surface area contributed by atoms with Crippen LogP contribution >= 0.6 is 0 Å². The second-order valence-electron chi connectivity index (χ2n) is 7.76. The van der Waals surface area contributed by atoms with Crippen molar-refractivity contribution in [1.82, 2.24) is 19.5 Å². The number of methoxy groups -OCH3 is 1. The van der Waals surface area contributed by atoms with E-state index in [0.29, 0.717) is 12.4 Å². The van der Waals surface area contributed by atoms with Crippen molar-refractivity contribution in [1.29, 1.82) is 0 Å². The fourth-order valence-electron chi connectivity index (χ4n) is 3.83. The highest BCUT2D eigenvalue weighted by atomic mass is 16.5. The van der Waals surface area contributed by atoms with E-state index in [9.17, 15) is 0 Å². The summed E-state index contributed by atoms with van der Waals surface area (Å²) in [5.41, 5.74) is 2.68. The summed E-state index contributed by atoms with van der Waals surface area (Å²) < 4.78 is 13.8. The first-order valence-corrected chi connectivity index (χ1v) is 10.5. The van der Waals surface area contributed by atoms with Crippen LogP contribution in [0.15, 0.2) is 31.1 Å². The number of nitrogens with one attached hydrogen (secondary N) is 1. The predicted molar refractivity (Wildman–Crippen MR) is 118 cm³/mol. The van der Waals surface area contributed by atoms with Crippen LogP contribution < -0.4 is 14.8 Å². The summed E-state index contributed by atoms with van der Waals surface area (Å²) in [7, 11) is 1.68. The van der Waals surface area contributed by atoms with Crippen molar-refractivity contribution < 1.29 is 9.47 Å². The summed E-state index contributed by atoms with van der Waals surface area (Å²) in [6.45, 7) is 9.30. The zero-order chi connectivity index (χ0) is 21.1. The Morgan fingerprint density at radius 1 is 1.23 bits per heavy atom. The van der Waals surface area contributed by atoms with Crippen LogP contribution in [0, 0.1) is 0 Å². The summed E-state index contributed by atoms with van der Waals surface area (Å²) in [6.07, 6.45) is 6.74. The summed E-state index contributed by atoms with van der Waals surface area (Å²) in [4.78, 5) is 13.9. The van der Waals surface area contributed by atoms with E-state index < -0.39 is 0 Å². The molecule has 2 heterocycles. The van der Waals surface area contributed by atoms with E-state index in [1.807, 2.05) is 30.5 Å². The van der Waals surface area contributed by atoms with Gasteiger partial charge in [-0.1, -0.05) is 12.6 Å². The minimum Gasteiger partial charge on any atom is -0.493 e. The Bertz CT molecular complexity index is 1010. The lowest BCUT2D eigenvalue weighted by Gasteiger charge is -2.18. The number of anilines is 1. The van der Waals surface area contributed by atoms with E-state index in [1.165, 1.54) is 12.8 Å². The first-order valence-electron chi connectivity index (χ1n) is 10.5. The SMILES string of the molecule is C=C(C)c1nc2c(NCC)ncn(Cc3ccc(OC)c(OC4CCCC4)c3)c-2n1. The van der Waals surface area contributed by atoms with Crippen LogP contribution in [0.2, 0.25) is 0 Å². The molecule has 0 aromatic heterocycles. The van der Waals surface area contributed by atoms with Gasteiger partial charge in [0.2, 0.25) is 0 Å². The largest absolute Gasteiger partial charge is 0.493 e. The molecule has 1 aliphatic carbocycles. The van der Waals surface area contributed by atoms with Gasteiger partial charge in [0.05, 0.1) is 26.1 Å². The third-order valence-corrected chi connectivity index (χ3v) is 5.37. The van der Waals surface area contributed by atoms with Crippen molar-refractivity contribution in [2.75, 3.05) is 19.0 Å². The number of fused-ring (bicyclic) bond motifs is 1. The van der Waals surface area contributed by atoms with Gasteiger partial charge in [-0.2, -0.15) is 0 Å². The van der Waals surface area contributed by atoms with Crippen LogP contribution in [0.3, 0.4) is 0 Å². The quantitative estimate of drug-likeness (QED) is 0.587. The average Bonchev–Trinajstić information content (AvgIpc) is 3.40. The summed E-state index contributed by atoms with van der Waals surface area (Å²) in [5.74, 6) is 3.73. The topological polar surface area (TPSA) is 74.1 Å². The standard InChI is InChI=1S/C23H29N5O2/c1-5-24-22-20-23(27-21(26-20)15(2)3)28(14-25-22)13-16-10-11-18(29-4)19(12-16)30-17-8-6-7-9-17/h10-12,14,17,24H,2,5-9,13H2,1,3-4H3. The maximum absolute atomic E-state index is 6.25. The Kier molecular flexibility index (Phi) is 5.88. The number of hydrogen-bond donors (Lipinski definition) is 1. The van der Waals surface area contributed by atoms with Gasteiger partial charge in [0.1, 0.15) is 0 Å². The van der Waals surface area contributed by atoms with Crippen LogP contribution in [0.25, 0.3) is 17.1 Å². The lowest BCUT2D eigenvalue weighted by molar-refractivity contribution is 0.200. The normalized spacial score (nSPS) is 14.2. The second kappa shape index (κ2) is 8.73. The lowest BCUT2D eigenvalue weighted by Crippen LogP contribution is -2.13. The van der Waals surface area contributed by atoms with E-state index >= 15 is 0 Å². The molecule has 2 aliphatic heterocycles. The zero-order valence-electron chi connectivity index (χ0n) is 17.9. The number of allylic oxidation sites excluding steroid dienone is 1. The van der Waals surface area contributed by atoms with Crippen LogP contribution in [0.1, 0.15) is 50.9 Å².